The van der Waals surface area contributed by atoms with E-state index in [0.717, 1.165) is 24.3 Å². The summed E-state index contributed by atoms with van der Waals surface area (Å²) in [6, 6.07) is 14.4. The van der Waals surface area contributed by atoms with Crippen molar-refractivity contribution in [2.24, 2.45) is 0 Å². The van der Waals surface area contributed by atoms with Crippen LogP contribution in [0.3, 0.4) is 0 Å². The number of fused-ring (bicyclic) bond motifs is 3. The van der Waals surface area contributed by atoms with Crippen molar-refractivity contribution in [3.05, 3.63) is 107 Å². The SMILES string of the molecule is COc1ccc(C(=O)Nc2cnn3c2C(=O)N(c2ccc(C(F)(F)c4ccc(F)cc4)cc2)[C@H]2CN(CCC(=O)O)C[C@@H]23)cc1C#N. The lowest BCUT2D eigenvalue weighted by molar-refractivity contribution is -0.137. The van der Waals surface area contributed by atoms with Gasteiger partial charge in [0, 0.05) is 42.0 Å². The van der Waals surface area contributed by atoms with Crippen molar-refractivity contribution in [3.8, 4) is 11.8 Å². The lowest BCUT2D eigenvalue weighted by Gasteiger charge is -2.37. The van der Waals surface area contributed by atoms with Crippen LogP contribution in [-0.2, 0) is 10.7 Å². The zero-order valence-corrected chi connectivity index (χ0v) is 24.9. The van der Waals surface area contributed by atoms with E-state index >= 15 is 8.78 Å². The maximum absolute atomic E-state index is 15.3. The molecule has 1 aromatic heterocycles. The van der Waals surface area contributed by atoms with Gasteiger partial charge in [0.25, 0.3) is 17.7 Å². The summed E-state index contributed by atoms with van der Waals surface area (Å²) in [5.41, 5.74) is -0.0222. The summed E-state index contributed by atoms with van der Waals surface area (Å²) < 4.78 is 50.6. The van der Waals surface area contributed by atoms with Crippen LogP contribution in [0.4, 0.5) is 24.5 Å². The smallest absolute Gasteiger partial charge is 0.304 e. The number of alkyl halides is 2. The molecule has 0 saturated carbocycles. The Morgan fingerprint density at radius 1 is 1.06 bits per heavy atom. The molecule has 1 fully saturated rings. The Balaban J connectivity index is 1.34. The van der Waals surface area contributed by atoms with Gasteiger partial charge in [0.2, 0.25) is 0 Å². The van der Waals surface area contributed by atoms with Crippen LogP contribution in [0.2, 0.25) is 0 Å². The number of nitriles is 1. The van der Waals surface area contributed by atoms with Gasteiger partial charge in [-0.2, -0.15) is 19.1 Å². The summed E-state index contributed by atoms with van der Waals surface area (Å²) >= 11 is 0. The van der Waals surface area contributed by atoms with Crippen LogP contribution >= 0.6 is 0 Å². The molecule has 240 valence electrons. The zero-order chi connectivity index (χ0) is 33.5. The number of aliphatic carboxylic acids is 1. The highest BCUT2D eigenvalue weighted by Crippen LogP contribution is 2.41. The Bertz CT molecular complexity index is 1910. The number of hydrogen-bond donors (Lipinski definition) is 2. The number of amides is 2. The van der Waals surface area contributed by atoms with E-state index in [2.05, 4.69) is 10.4 Å². The second-order valence-electron chi connectivity index (χ2n) is 11.2. The average Bonchev–Trinajstić information content (AvgIpc) is 3.68. The highest BCUT2D eigenvalue weighted by molar-refractivity contribution is 6.13. The summed E-state index contributed by atoms with van der Waals surface area (Å²) in [5.74, 6) is -5.93. The third-order valence-electron chi connectivity index (χ3n) is 8.38. The van der Waals surface area contributed by atoms with Crippen molar-refractivity contribution in [3.63, 3.8) is 0 Å². The normalized spacial score (nSPS) is 17.5. The van der Waals surface area contributed by atoms with E-state index < -0.39 is 47.2 Å². The molecule has 2 amide bonds. The minimum absolute atomic E-state index is 0.0504. The van der Waals surface area contributed by atoms with E-state index in [-0.39, 0.29) is 41.0 Å². The van der Waals surface area contributed by atoms with Gasteiger partial charge in [0.05, 0.1) is 43.1 Å². The molecule has 14 heteroatoms. The predicted molar refractivity (Wildman–Crippen MR) is 162 cm³/mol. The van der Waals surface area contributed by atoms with Crippen LogP contribution in [0, 0.1) is 17.1 Å². The number of carboxylic acid groups (broad SMARTS) is 1. The van der Waals surface area contributed by atoms with Gasteiger partial charge in [-0.3, -0.25) is 24.0 Å². The first-order valence-electron chi connectivity index (χ1n) is 14.5. The number of nitrogens with one attached hydrogen (secondary N) is 1. The monoisotopic (exact) mass is 644 g/mol. The number of carboxylic acids is 1. The van der Waals surface area contributed by atoms with E-state index in [1.54, 1.807) is 0 Å². The highest BCUT2D eigenvalue weighted by atomic mass is 19.3. The molecule has 0 spiro atoms. The molecule has 2 atom stereocenters. The molecular weight excluding hydrogens is 617 g/mol. The Morgan fingerprint density at radius 2 is 1.72 bits per heavy atom. The van der Waals surface area contributed by atoms with Crippen LogP contribution < -0.4 is 15.0 Å². The molecule has 3 heterocycles. The molecule has 0 aliphatic carbocycles. The number of rotatable bonds is 9. The number of methoxy groups -OCH3 is 1. The lowest BCUT2D eigenvalue weighted by atomic mass is 9.99. The van der Waals surface area contributed by atoms with Crippen LogP contribution in [0.15, 0.2) is 72.9 Å². The van der Waals surface area contributed by atoms with Crippen molar-refractivity contribution < 1.29 is 37.4 Å². The van der Waals surface area contributed by atoms with Crippen LogP contribution in [-0.4, -0.2) is 70.4 Å². The fourth-order valence-corrected chi connectivity index (χ4v) is 6.06. The number of anilines is 2. The van der Waals surface area contributed by atoms with Gasteiger partial charge in [0.1, 0.15) is 17.6 Å². The number of carbonyl (C=O) groups is 3. The first-order valence-corrected chi connectivity index (χ1v) is 14.5. The van der Waals surface area contributed by atoms with Crippen LogP contribution in [0.25, 0.3) is 0 Å². The van der Waals surface area contributed by atoms with Crippen LogP contribution in [0.5, 0.6) is 5.75 Å². The van der Waals surface area contributed by atoms with Gasteiger partial charge in [-0.1, -0.05) is 12.1 Å². The lowest BCUT2D eigenvalue weighted by Crippen LogP contribution is -2.51. The highest BCUT2D eigenvalue weighted by Gasteiger charge is 2.48. The Hall–Kier alpha value is -5.68. The number of ether oxygens (including phenoxy) is 1. The number of aromatic nitrogens is 2. The molecule has 4 aromatic rings. The van der Waals surface area contributed by atoms with Gasteiger partial charge in [-0.15, -0.1) is 0 Å². The van der Waals surface area contributed by atoms with E-state index in [0.29, 0.717) is 24.5 Å². The largest absolute Gasteiger partial charge is 0.495 e. The van der Waals surface area contributed by atoms with Gasteiger partial charge in [-0.05, 0) is 54.6 Å². The quantitative estimate of drug-likeness (QED) is 0.268. The van der Waals surface area contributed by atoms with Gasteiger partial charge < -0.3 is 20.1 Å². The van der Waals surface area contributed by atoms with Gasteiger partial charge in [-0.25, -0.2) is 4.39 Å². The first kappa shape index (κ1) is 31.3. The molecule has 3 aromatic carbocycles. The summed E-state index contributed by atoms with van der Waals surface area (Å²) in [6.45, 7) is 0.849. The van der Waals surface area contributed by atoms with Crippen LogP contribution in [0.1, 0.15) is 50.0 Å². The molecule has 47 heavy (non-hydrogen) atoms. The summed E-state index contributed by atoms with van der Waals surface area (Å²) in [7, 11) is 1.40. The standard InChI is InChI=1S/C33H27F3N6O5/c1-47-28-11-2-19(14-20(28)15-37)31(45)39-25-16-38-42-27-18-40(13-12-29(43)44)17-26(27)41(32(46)30(25)42)24-9-5-22(6-10-24)33(35,36)21-3-7-23(34)8-4-21/h2-11,14,16,26-27H,12-13,17-18H2,1H3,(H,39,45)(H,43,44)/t26-,27-/m0/s1. The molecule has 0 bridgehead atoms. The summed E-state index contributed by atoms with van der Waals surface area (Å²) in [5, 5.41) is 25.8. The maximum atomic E-state index is 15.3. The number of likely N-dealkylation sites (tertiary alicyclic amines) is 1. The van der Waals surface area contributed by atoms with Crippen molar-refractivity contribution in [1.82, 2.24) is 14.7 Å². The van der Waals surface area contributed by atoms with E-state index in [9.17, 15) is 29.1 Å². The number of hydrogen-bond acceptors (Lipinski definition) is 7. The predicted octanol–water partition coefficient (Wildman–Crippen LogP) is 4.66. The van der Waals surface area contributed by atoms with Crippen molar-refractivity contribution in [2.45, 2.75) is 24.4 Å². The summed E-state index contributed by atoms with van der Waals surface area (Å²) in [6.07, 6.45) is 1.22. The first-order chi connectivity index (χ1) is 22.5. The second-order valence-corrected chi connectivity index (χ2v) is 11.2. The molecule has 2 aliphatic heterocycles. The Labute approximate surface area is 266 Å². The molecule has 2 N–H and O–H groups in total. The fraction of sp³-hybridized carbons (Fsp3) is 0.242. The summed E-state index contributed by atoms with van der Waals surface area (Å²) in [4.78, 5) is 42.1. The Morgan fingerprint density at radius 3 is 2.36 bits per heavy atom. The third-order valence-corrected chi connectivity index (χ3v) is 8.38. The molecule has 2 aliphatic rings. The second kappa shape index (κ2) is 12.3. The van der Waals surface area contributed by atoms with Crippen molar-refractivity contribution >= 4 is 29.2 Å². The van der Waals surface area contributed by atoms with E-state index in [1.807, 2.05) is 11.0 Å². The topological polar surface area (TPSA) is 141 Å². The number of nitrogens with zero attached hydrogens (tertiary/aromatic N) is 5. The average molecular weight is 645 g/mol. The van der Waals surface area contributed by atoms with E-state index in [4.69, 9.17) is 4.74 Å². The van der Waals surface area contributed by atoms with Crippen molar-refractivity contribution in [2.75, 3.05) is 37.0 Å². The molecule has 11 nitrogen and oxygen atoms in total. The van der Waals surface area contributed by atoms with Gasteiger partial charge >= 0.3 is 5.97 Å². The molecule has 0 radical (unpaired) electrons. The third kappa shape index (κ3) is 5.77. The van der Waals surface area contributed by atoms with Gasteiger partial charge in [0.15, 0.2) is 5.69 Å². The van der Waals surface area contributed by atoms with E-state index in [1.165, 1.54) is 65.4 Å². The van der Waals surface area contributed by atoms with Crippen molar-refractivity contribution in [1.29, 1.82) is 5.26 Å². The molecular formula is C33H27F3N6O5. The maximum Gasteiger partial charge on any atom is 0.304 e. The molecule has 6 rings (SSSR count). The minimum Gasteiger partial charge on any atom is -0.495 e. The number of halogens is 3. The molecule has 1 saturated heterocycles. The fourth-order valence-electron chi connectivity index (χ4n) is 6.06. The number of carbonyl (C=O) groups excluding carboxylic acids is 2. The number of benzene rings is 3. The Kier molecular flexibility index (Phi) is 8.16. The minimum atomic E-state index is -3.44. The molecule has 0 unspecified atom stereocenters. The zero-order valence-electron chi connectivity index (χ0n) is 24.9.